The predicted molar refractivity (Wildman–Crippen MR) is 69.7 cm³/mol. The van der Waals surface area contributed by atoms with Crippen LogP contribution in [0, 0.1) is 5.95 Å². The maximum Gasteiger partial charge on any atom is 0.253 e. The molecule has 0 aromatic carbocycles. The highest BCUT2D eigenvalue weighted by Gasteiger charge is 2.08. The smallest absolute Gasteiger partial charge is 0.253 e. The third kappa shape index (κ3) is 3.45. The number of halogens is 2. The second kappa shape index (κ2) is 6.02. The van der Waals surface area contributed by atoms with E-state index in [9.17, 15) is 4.39 Å². The van der Waals surface area contributed by atoms with E-state index in [1.165, 1.54) is 0 Å². The molecule has 0 fully saturated rings. The summed E-state index contributed by atoms with van der Waals surface area (Å²) in [5, 5.41) is 7.44. The van der Waals surface area contributed by atoms with Gasteiger partial charge in [-0.3, -0.25) is 0 Å². The molecule has 0 N–H and O–H groups in total. The maximum atomic E-state index is 12.6. The molecule has 0 aliphatic heterocycles. The van der Waals surface area contributed by atoms with Gasteiger partial charge in [0.15, 0.2) is 11.5 Å². The highest BCUT2D eigenvalue weighted by molar-refractivity contribution is 6.29. The van der Waals surface area contributed by atoms with Crippen molar-refractivity contribution in [2.24, 2.45) is 0 Å². The Labute approximate surface area is 123 Å². The zero-order valence-corrected chi connectivity index (χ0v) is 11.4. The average molecular weight is 310 g/mol. The number of hydrogen-bond acceptors (Lipinski definition) is 6. The molecule has 3 aromatic heterocycles. The van der Waals surface area contributed by atoms with Gasteiger partial charge in [0.25, 0.3) is 5.95 Å². The summed E-state index contributed by atoms with van der Waals surface area (Å²) < 4.78 is 27.7. The number of nitrogens with zero attached hydrogens (tertiary/aromatic N) is 3. The van der Waals surface area contributed by atoms with Gasteiger partial charge in [0.05, 0.1) is 0 Å². The van der Waals surface area contributed by atoms with E-state index in [2.05, 4.69) is 19.8 Å². The molecule has 3 heterocycles. The van der Waals surface area contributed by atoms with E-state index >= 15 is 0 Å². The van der Waals surface area contributed by atoms with Crippen LogP contribution in [0.5, 0.6) is 0 Å². The first-order valence-corrected chi connectivity index (χ1v) is 6.35. The highest BCUT2D eigenvalue weighted by atomic mass is 35.5. The molecular weight excluding hydrogens is 301 g/mol. The van der Waals surface area contributed by atoms with Crippen molar-refractivity contribution in [3.05, 3.63) is 53.1 Å². The summed E-state index contributed by atoms with van der Waals surface area (Å²) in [6, 6.07) is 6.34. The van der Waals surface area contributed by atoms with Crippen molar-refractivity contribution >= 4 is 11.6 Å². The van der Waals surface area contributed by atoms with Crippen LogP contribution in [0.25, 0.3) is 11.3 Å². The topological polar surface area (TPSA) is 74.2 Å². The summed E-state index contributed by atoms with van der Waals surface area (Å²) in [4.78, 5) is 3.97. The summed E-state index contributed by atoms with van der Waals surface area (Å²) in [5.74, 6) is 0.153. The van der Waals surface area contributed by atoms with Crippen LogP contribution in [0.1, 0.15) is 11.5 Å². The van der Waals surface area contributed by atoms with E-state index in [1.54, 1.807) is 24.4 Å². The minimum absolute atomic E-state index is 0.0927. The summed E-state index contributed by atoms with van der Waals surface area (Å²) in [5.41, 5.74) is 1.41. The molecule has 3 aromatic rings. The number of hydrogen-bond donors (Lipinski definition) is 0. The number of rotatable bonds is 5. The van der Waals surface area contributed by atoms with Crippen LogP contribution in [-0.2, 0) is 18.0 Å². The molecule has 0 bridgehead atoms. The molecule has 108 valence electrons. The van der Waals surface area contributed by atoms with Crippen LogP contribution >= 0.6 is 11.6 Å². The lowest BCUT2D eigenvalue weighted by molar-refractivity contribution is 0.0724. The van der Waals surface area contributed by atoms with Crippen molar-refractivity contribution in [1.29, 1.82) is 0 Å². The summed E-state index contributed by atoms with van der Waals surface area (Å²) in [6.07, 6.45) is 1.60. The Kier molecular flexibility index (Phi) is 3.94. The molecule has 0 unspecified atom stereocenters. The van der Waals surface area contributed by atoms with Crippen LogP contribution in [0.4, 0.5) is 4.39 Å². The van der Waals surface area contributed by atoms with Crippen LogP contribution in [0.2, 0.25) is 5.15 Å². The molecule has 21 heavy (non-hydrogen) atoms. The molecule has 0 saturated heterocycles. The molecular formula is C13H9ClFN3O3. The molecule has 0 saturated carbocycles. The first-order valence-electron chi connectivity index (χ1n) is 5.97. The van der Waals surface area contributed by atoms with Crippen LogP contribution < -0.4 is 0 Å². The van der Waals surface area contributed by atoms with Gasteiger partial charge < -0.3 is 13.8 Å². The van der Waals surface area contributed by atoms with E-state index in [-0.39, 0.29) is 13.2 Å². The molecule has 0 aliphatic carbocycles. The summed E-state index contributed by atoms with van der Waals surface area (Å²) in [7, 11) is 0. The molecule has 0 aliphatic rings. The first kappa shape index (κ1) is 13.7. The van der Waals surface area contributed by atoms with Gasteiger partial charge in [0.2, 0.25) is 0 Å². The molecule has 0 spiro atoms. The molecule has 0 radical (unpaired) electrons. The quantitative estimate of drug-likeness (QED) is 0.674. The fourth-order valence-electron chi connectivity index (χ4n) is 1.65. The summed E-state index contributed by atoms with van der Waals surface area (Å²) >= 11 is 5.72. The molecule has 6 nitrogen and oxygen atoms in total. The fraction of sp³-hybridized carbons (Fsp3) is 0.154. The molecule has 0 amide bonds. The summed E-state index contributed by atoms with van der Waals surface area (Å²) in [6.45, 7) is 0.270. The lowest BCUT2D eigenvalue weighted by atomic mass is 10.2. The van der Waals surface area contributed by atoms with Gasteiger partial charge in [-0.1, -0.05) is 16.8 Å². The standard InChI is InChI=1S/C13H9ClFN3O3/c14-12-2-1-8(5-16-12)11-3-9(20-17-11)6-19-7-10-4-13(15)18-21-10/h1-5H,6-7H2. The van der Waals surface area contributed by atoms with Gasteiger partial charge >= 0.3 is 0 Å². The lowest BCUT2D eigenvalue weighted by Crippen LogP contribution is -1.91. The zero-order valence-electron chi connectivity index (χ0n) is 10.6. The second-order valence-electron chi connectivity index (χ2n) is 4.16. The number of pyridine rings is 1. The Balaban J connectivity index is 1.59. The number of aromatic nitrogens is 3. The Morgan fingerprint density at radius 2 is 1.86 bits per heavy atom. The zero-order chi connectivity index (χ0) is 14.7. The minimum atomic E-state index is -0.675. The van der Waals surface area contributed by atoms with Crippen molar-refractivity contribution in [1.82, 2.24) is 15.3 Å². The van der Waals surface area contributed by atoms with Gasteiger partial charge in [0.1, 0.15) is 24.1 Å². The SMILES string of the molecule is Fc1cc(COCc2cc(-c3ccc(Cl)nc3)no2)on1. The Hall–Kier alpha value is -2.25. The van der Waals surface area contributed by atoms with E-state index in [4.69, 9.17) is 20.9 Å². The fourth-order valence-corrected chi connectivity index (χ4v) is 1.76. The van der Waals surface area contributed by atoms with Gasteiger partial charge in [-0.15, -0.1) is 0 Å². The van der Waals surface area contributed by atoms with Gasteiger partial charge in [-0.05, 0) is 17.3 Å². The van der Waals surface area contributed by atoms with Crippen molar-refractivity contribution in [3.63, 3.8) is 0 Å². The van der Waals surface area contributed by atoms with E-state index in [1.807, 2.05) is 0 Å². The van der Waals surface area contributed by atoms with Crippen LogP contribution in [-0.4, -0.2) is 15.3 Å². The largest absolute Gasteiger partial charge is 0.365 e. The third-order valence-electron chi connectivity index (χ3n) is 2.60. The van der Waals surface area contributed by atoms with Crippen molar-refractivity contribution in [2.45, 2.75) is 13.2 Å². The Morgan fingerprint density at radius 3 is 2.52 bits per heavy atom. The normalized spacial score (nSPS) is 11.0. The van der Waals surface area contributed by atoms with E-state index in [0.29, 0.717) is 22.4 Å². The molecule has 3 rings (SSSR count). The van der Waals surface area contributed by atoms with Crippen molar-refractivity contribution in [2.75, 3.05) is 0 Å². The third-order valence-corrected chi connectivity index (χ3v) is 2.82. The van der Waals surface area contributed by atoms with E-state index < -0.39 is 5.95 Å². The Morgan fingerprint density at radius 1 is 1.10 bits per heavy atom. The van der Waals surface area contributed by atoms with E-state index in [0.717, 1.165) is 11.6 Å². The molecule has 8 heteroatoms. The number of ether oxygens (including phenoxy) is 1. The Bertz CT molecular complexity index is 726. The first-order chi connectivity index (χ1) is 10.2. The predicted octanol–water partition coefficient (Wildman–Crippen LogP) is 3.23. The van der Waals surface area contributed by atoms with Crippen LogP contribution in [0.15, 0.2) is 39.5 Å². The van der Waals surface area contributed by atoms with Gasteiger partial charge in [0, 0.05) is 23.9 Å². The average Bonchev–Trinajstić information content (AvgIpc) is 3.09. The maximum absolute atomic E-state index is 12.6. The monoisotopic (exact) mass is 309 g/mol. The van der Waals surface area contributed by atoms with Crippen LogP contribution in [0.3, 0.4) is 0 Å². The van der Waals surface area contributed by atoms with Crippen molar-refractivity contribution in [3.8, 4) is 11.3 Å². The van der Waals surface area contributed by atoms with Gasteiger partial charge in [-0.25, -0.2) is 4.98 Å². The van der Waals surface area contributed by atoms with Crippen molar-refractivity contribution < 1.29 is 18.2 Å². The highest BCUT2D eigenvalue weighted by Crippen LogP contribution is 2.20. The minimum Gasteiger partial charge on any atom is -0.365 e. The second-order valence-corrected chi connectivity index (χ2v) is 4.54. The van der Waals surface area contributed by atoms with Gasteiger partial charge in [-0.2, -0.15) is 4.39 Å². The molecule has 0 atom stereocenters. The lowest BCUT2D eigenvalue weighted by Gasteiger charge is -1.96.